The number of aromatic nitrogens is 2. The summed E-state index contributed by atoms with van der Waals surface area (Å²) in [7, 11) is 3.71. The van der Waals surface area contributed by atoms with Gasteiger partial charge in [0.2, 0.25) is 5.91 Å². The quantitative estimate of drug-likeness (QED) is 0.496. The minimum atomic E-state index is 0.112. The Labute approximate surface area is 173 Å². The summed E-state index contributed by atoms with van der Waals surface area (Å²) in [5, 5.41) is 6.42. The molecular formula is C22H32N6O. The molecule has 156 valence electrons. The molecule has 0 unspecified atom stereocenters. The van der Waals surface area contributed by atoms with Gasteiger partial charge in [0.15, 0.2) is 5.96 Å². The van der Waals surface area contributed by atoms with Gasteiger partial charge >= 0.3 is 0 Å². The summed E-state index contributed by atoms with van der Waals surface area (Å²) in [6.07, 6.45) is 8.25. The Bertz CT molecular complexity index is 795. The van der Waals surface area contributed by atoms with Gasteiger partial charge in [-0.1, -0.05) is 49.6 Å². The maximum absolute atomic E-state index is 12.2. The Kier molecular flexibility index (Phi) is 7.67. The number of amides is 1. The zero-order valence-electron chi connectivity index (χ0n) is 17.4. The van der Waals surface area contributed by atoms with E-state index in [0.29, 0.717) is 25.6 Å². The summed E-state index contributed by atoms with van der Waals surface area (Å²) in [5.74, 6) is 1.72. The van der Waals surface area contributed by atoms with Crippen molar-refractivity contribution in [2.45, 2.75) is 51.1 Å². The third kappa shape index (κ3) is 6.34. The Balaban J connectivity index is 1.44. The van der Waals surface area contributed by atoms with Crippen LogP contribution in [0.4, 0.5) is 0 Å². The van der Waals surface area contributed by atoms with E-state index < -0.39 is 0 Å². The normalized spacial score (nSPS) is 15.2. The third-order valence-corrected chi connectivity index (χ3v) is 5.28. The maximum atomic E-state index is 12.2. The fourth-order valence-electron chi connectivity index (χ4n) is 3.73. The molecule has 0 aliphatic heterocycles. The van der Waals surface area contributed by atoms with Crippen LogP contribution in [0.3, 0.4) is 0 Å². The van der Waals surface area contributed by atoms with Crippen LogP contribution in [0.2, 0.25) is 0 Å². The van der Waals surface area contributed by atoms with Crippen LogP contribution in [0, 0.1) is 0 Å². The topological polar surface area (TPSA) is 85.4 Å². The molecule has 7 heteroatoms. The fourth-order valence-corrected chi connectivity index (χ4v) is 3.73. The first kappa shape index (κ1) is 20.9. The standard InChI is InChI=1S/C22H32N6O/c1-23-22(24-14-13-21(29)26-18-11-7-4-8-12-18)28(2)16-20-25-15-19(27-20)17-9-5-3-6-10-17/h3,5-6,9-10,15,18H,4,7-8,11-14,16H2,1-2H3,(H,23,24)(H,25,27)(H,26,29). The summed E-state index contributed by atoms with van der Waals surface area (Å²) in [4.78, 5) is 26.3. The van der Waals surface area contributed by atoms with Crippen LogP contribution in [-0.2, 0) is 11.3 Å². The Hall–Kier alpha value is -2.83. The summed E-state index contributed by atoms with van der Waals surface area (Å²) in [5.41, 5.74) is 2.11. The lowest BCUT2D eigenvalue weighted by Crippen LogP contribution is -2.41. The van der Waals surface area contributed by atoms with E-state index >= 15 is 0 Å². The molecule has 1 heterocycles. The van der Waals surface area contributed by atoms with Crippen molar-refractivity contribution in [2.24, 2.45) is 4.99 Å². The van der Waals surface area contributed by atoms with Gasteiger partial charge in [-0.05, 0) is 18.4 Å². The van der Waals surface area contributed by atoms with Gasteiger partial charge in [-0.25, -0.2) is 4.98 Å². The van der Waals surface area contributed by atoms with Crippen molar-refractivity contribution in [3.8, 4) is 11.3 Å². The SMILES string of the molecule is CN=C(NCCC(=O)NC1CCCCC1)N(C)Cc1ncc(-c2ccccc2)[nH]1. The fraction of sp³-hybridized carbons (Fsp3) is 0.500. The van der Waals surface area contributed by atoms with Crippen molar-refractivity contribution in [1.29, 1.82) is 0 Å². The van der Waals surface area contributed by atoms with Crippen LogP contribution in [0.25, 0.3) is 11.3 Å². The van der Waals surface area contributed by atoms with E-state index in [-0.39, 0.29) is 5.91 Å². The average Bonchev–Trinajstić information content (AvgIpc) is 3.21. The second-order valence-electron chi connectivity index (χ2n) is 7.59. The molecule has 7 nitrogen and oxygen atoms in total. The molecule has 0 atom stereocenters. The smallest absolute Gasteiger partial charge is 0.221 e. The van der Waals surface area contributed by atoms with Gasteiger partial charge in [-0.15, -0.1) is 0 Å². The van der Waals surface area contributed by atoms with E-state index in [9.17, 15) is 4.79 Å². The number of rotatable bonds is 7. The highest BCUT2D eigenvalue weighted by molar-refractivity contribution is 5.81. The molecule has 1 aliphatic carbocycles. The monoisotopic (exact) mass is 396 g/mol. The number of benzene rings is 1. The molecule has 1 saturated carbocycles. The highest BCUT2D eigenvalue weighted by Crippen LogP contribution is 2.17. The lowest BCUT2D eigenvalue weighted by Gasteiger charge is -2.23. The van der Waals surface area contributed by atoms with Crippen LogP contribution in [0.15, 0.2) is 41.5 Å². The highest BCUT2D eigenvalue weighted by Gasteiger charge is 2.16. The van der Waals surface area contributed by atoms with Crippen LogP contribution in [-0.4, -0.2) is 53.4 Å². The minimum Gasteiger partial charge on any atom is -0.356 e. The zero-order chi connectivity index (χ0) is 20.5. The first-order valence-electron chi connectivity index (χ1n) is 10.5. The lowest BCUT2D eigenvalue weighted by atomic mass is 9.95. The van der Waals surface area contributed by atoms with Crippen LogP contribution in [0.5, 0.6) is 0 Å². The van der Waals surface area contributed by atoms with Crippen LogP contribution in [0.1, 0.15) is 44.3 Å². The van der Waals surface area contributed by atoms with Crippen molar-refractivity contribution in [2.75, 3.05) is 20.6 Å². The molecule has 2 aromatic rings. The molecular weight excluding hydrogens is 364 g/mol. The van der Waals surface area contributed by atoms with Crippen molar-refractivity contribution in [3.05, 3.63) is 42.4 Å². The number of aromatic amines is 1. The first-order chi connectivity index (χ1) is 14.2. The number of aliphatic imine (C=N–C) groups is 1. The first-order valence-corrected chi connectivity index (χ1v) is 10.5. The number of imidazole rings is 1. The molecule has 29 heavy (non-hydrogen) atoms. The molecule has 3 N–H and O–H groups in total. The third-order valence-electron chi connectivity index (χ3n) is 5.28. The Morgan fingerprint density at radius 3 is 2.72 bits per heavy atom. The van der Waals surface area contributed by atoms with Gasteiger partial charge in [0.1, 0.15) is 5.82 Å². The molecule has 0 bridgehead atoms. The lowest BCUT2D eigenvalue weighted by molar-refractivity contribution is -0.121. The molecule has 1 fully saturated rings. The van der Waals surface area contributed by atoms with Crippen LogP contribution >= 0.6 is 0 Å². The predicted molar refractivity (Wildman–Crippen MR) is 116 cm³/mol. The number of H-pyrrole nitrogens is 1. The molecule has 1 aromatic carbocycles. The number of guanidine groups is 1. The molecule has 0 saturated heterocycles. The molecule has 3 rings (SSSR count). The number of nitrogens with zero attached hydrogens (tertiary/aromatic N) is 3. The van der Waals surface area contributed by atoms with Gasteiger partial charge in [0, 0.05) is 33.1 Å². The van der Waals surface area contributed by atoms with Crippen molar-refractivity contribution in [1.82, 2.24) is 25.5 Å². The van der Waals surface area contributed by atoms with Gasteiger partial charge in [0.25, 0.3) is 0 Å². The summed E-state index contributed by atoms with van der Waals surface area (Å²) in [6, 6.07) is 10.5. The largest absolute Gasteiger partial charge is 0.356 e. The molecule has 1 aliphatic rings. The van der Waals surface area contributed by atoms with E-state index in [0.717, 1.165) is 35.9 Å². The number of carbonyl (C=O) groups excluding carboxylic acids is 1. The van der Waals surface area contributed by atoms with Gasteiger partial charge in [-0.3, -0.25) is 9.79 Å². The van der Waals surface area contributed by atoms with E-state index in [1.807, 2.05) is 36.3 Å². The second kappa shape index (κ2) is 10.6. The van der Waals surface area contributed by atoms with Gasteiger partial charge < -0.3 is 20.5 Å². The maximum Gasteiger partial charge on any atom is 0.221 e. The number of carbonyl (C=O) groups is 1. The highest BCUT2D eigenvalue weighted by atomic mass is 16.1. The Morgan fingerprint density at radius 2 is 2.00 bits per heavy atom. The Morgan fingerprint density at radius 1 is 1.24 bits per heavy atom. The van der Waals surface area contributed by atoms with E-state index in [4.69, 9.17) is 0 Å². The molecule has 1 amide bonds. The number of nitrogens with one attached hydrogen (secondary N) is 3. The average molecular weight is 397 g/mol. The van der Waals surface area contributed by atoms with Crippen molar-refractivity contribution in [3.63, 3.8) is 0 Å². The number of hydrogen-bond donors (Lipinski definition) is 3. The van der Waals surface area contributed by atoms with E-state index in [1.165, 1.54) is 19.3 Å². The minimum absolute atomic E-state index is 0.112. The van der Waals surface area contributed by atoms with Gasteiger partial charge in [-0.2, -0.15) is 0 Å². The summed E-state index contributed by atoms with van der Waals surface area (Å²) < 4.78 is 0. The zero-order valence-corrected chi connectivity index (χ0v) is 17.4. The van der Waals surface area contributed by atoms with E-state index in [2.05, 4.69) is 37.7 Å². The molecule has 0 spiro atoms. The second-order valence-corrected chi connectivity index (χ2v) is 7.59. The summed E-state index contributed by atoms with van der Waals surface area (Å²) in [6.45, 7) is 1.16. The molecule has 0 radical (unpaired) electrons. The van der Waals surface area contributed by atoms with Crippen molar-refractivity contribution < 1.29 is 4.79 Å². The van der Waals surface area contributed by atoms with Gasteiger partial charge in [0.05, 0.1) is 18.4 Å². The molecule has 1 aromatic heterocycles. The number of hydrogen-bond acceptors (Lipinski definition) is 3. The van der Waals surface area contributed by atoms with Crippen LogP contribution < -0.4 is 10.6 Å². The van der Waals surface area contributed by atoms with Crippen molar-refractivity contribution >= 4 is 11.9 Å². The predicted octanol–water partition coefficient (Wildman–Crippen LogP) is 2.92. The summed E-state index contributed by atoms with van der Waals surface area (Å²) >= 11 is 0. The van der Waals surface area contributed by atoms with E-state index in [1.54, 1.807) is 7.05 Å².